The van der Waals surface area contributed by atoms with Crippen molar-refractivity contribution < 1.29 is 4.39 Å². The van der Waals surface area contributed by atoms with Gasteiger partial charge in [0.05, 0.1) is 5.69 Å². The number of thiazole rings is 1. The average Bonchev–Trinajstić information content (AvgIpc) is 2.76. The molecule has 0 saturated heterocycles. The molecule has 2 atom stereocenters. The molecule has 2 N–H and O–H groups in total. The van der Waals surface area contributed by atoms with Crippen molar-refractivity contribution in [3.05, 3.63) is 23.5 Å². The van der Waals surface area contributed by atoms with Gasteiger partial charge >= 0.3 is 0 Å². The van der Waals surface area contributed by atoms with Crippen molar-refractivity contribution in [1.82, 2.24) is 9.38 Å². The summed E-state index contributed by atoms with van der Waals surface area (Å²) in [6.45, 7) is 0. The summed E-state index contributed by atoms with van der Waals surface area (Å²) < 4.78 is 16.6. The maximum absolute atomic E-state index is 14.6. The summed E-state index contributed by atoms with van der Waals surface area (Å²) in [7, 11) is 0. The first kappa shape index (κ1) is 11.2. The molecule has 1 aliphatic rings. The molecule has 3 rings (SSSR count). The third-order valence-electron chi connectivity index (χ3n) is 3.47. The van der Waals surface area contributed by atoms with Crippen molar-refractivity contribution in [2.45, 2.75) is 43.8 Å². The number of nitrogens with zero attached hydrogens (tertiary/aromatic N) is 2. The highest BCUT2D eigenvalue weighted by atomic mass is 32.1. The van der Waals surface area contributed by atoms with Gasteiger partial charge in [0.2, 0.25) is 0 Å². The van der Waals surface area contributed by atoms with Crippen LogP contribution in [0.15, 0.2) is 17.8 Å². The van der Waals surface area contributed by atoms with Crippen LogP contribution in [-0.4, -0.2) is 21.1 Å². The molecule has 1 saturated carbocycles. The number of rotatable bonds is 2. The lowest BCUT2D eigenvalue weighted by molar-refractivity contribution is 0.0955. The highest BCUT2D eigenvalue weighted by Crippen LogP contribution is 2.34. The van der Waals surface area contributed by atoms with Gasteiger partial charge in [-0.15, -0.1) is 11.3 Å². The lowest BCUT2D eigenvalue weighted by atomic mass is 9.81. The SMILES string of the molecule is NC1CCCC(F)(Cc2cn3ccsc3n2)C1. The van der Waals surface area contributed by atoms with Gasteiger partial charge in [0.25, 0.3) is 0 Å². The van der Waals surface area contributed by atoms with E-state index >= 15 is 0 Å². The molecule has 1 fully saturated rings. The van der Waals surface area contributed by atoms with E-state index in [1.165, 1.54) is 0 Å². The van der Waals surface area contributed by atoms with Crippen molar-refractivity contribution in [2.75, 3.05) is 0 Å². The Bertz CT molecular complexity index is 492. The Labute approximate surface area is 103 Å². The van der Waals surface area contributed by atoms with E-state index in [1.54, 1.807) is 11.3 Å². The maximum atomic E-state index is 14.6. The fourth-order valence-corrected chi connectivity index (χ4v) is 3.42. The van der Waals surface area contributed by atoms with E-state index in [0.717, 1.165) is 23.5 Å². The fraction of sp³-hybridized carbons (Fsp3) is 0.583. The van der Waals surface area contributed by atoms with Gasteiger partial charge in [0.1, 0.15) is 5.67 Å². The van der Waals surface area contributed by atoms with Gasteiger partial charge in [-0.1, -0.05) is 0 Å². The van der Waals surface area contributed by atoms with E-state index in [4.69, 9.17) is 5.73 Å². The van der Waals surface area contributed by atoms with E-state index in [0.29, 0.717) is 19.3 Å². The van der Waals surface area contributed by atoms with Gasteiger partial charge in [0, 0.05) is 30.2 Å². The van der Waals surface area contributed by atoms with Gasteiger partial charge < -0.3 is 5.73 Å². The largest absolute Gasteiger partial charge is 0.328 e. The molecule has 2 aromatic heterocycles. The number of alkyl halides is 1. The number of imidazole rings is 1. The quantitative estimate of drug-likeness (QED) is 0.893. The number of hydrogen-bond acceptors (Lipinski definition) is 3. The van der Waals surface area contributed by atoms with E-state index in [9.17, 15) is 4.39 Å². The first-order valence-corrected chi connectivity index (χ1v) is 6.88. The summed E-state index contributed by atoms with van der Waals surface area (Å²) in [6.07, 6.45) is 7.20. The Morgan fingerprint density at radius 3 is 3.29 bits per heavy atom. The van der Waals surface area contributed by atoms with Crippen molar-refractivity contribution >= 4 is 16.3 Å². The molecule has 2 aromatic rings. The first-order chi connectivity index (χ1) is 8.15. The summed E-state index contributed by atoms with van der Waals surface area (Å²) in [5.41, 5.74) is 5.55. The zero-order chi connectivity index (χ0) is 11.9. The Kier molecular flexibility index (Phi) is 2.67. The molecule has 0 amide bonds. The number of hydrogen-bond donors (Lipinski definition) is 1. The summed E-state index contributed by atoms with van der Waals surface area (Å²) in [5, 5.41) is 1.98. The van der Waals surface area contributed by atoms with Crippen LogP contribution in [0, 0.1) is 0 Å². The van der Waals surface area contributed by atoms with Crippen LogP contribution >= 0.6 is 11.3 Å². The van der Waals surface area contributed by atoms with Gasteiger partial charge in [-0.25, -0.2) is 9.37 Å². The topological polar surface area (TPSA) is 43.3 Å². The lowest BCUT2D eigenvalue weighted by Gasteiger charge is -2.32. The third-order valence-corrected chi connectivity index (χ3v) is 4.24. The first-order valence-electron chi connectivity index (χ1n) is 6.00. The summed E-state index contributed by atoms with van der Waals surface area (Å²) in [5.74, 6) is 0. The number of aromatic nitrogens is 2. The van der Waals surface area contributed by atoms with Crippen LogP contribution < -0.4 is 5.73 Å². The van der Waals surface area contributed by atoms with Gasteiger partial charge in [-0.2, -0.15) is 0 Å². The molecular formula is C12H16FN3S. The van der Waals surface area contributed by atoms with Crippen LogP contribution in [-0.2, 0) is 6.42 Å². The molecule has 1 aliphatic carbocycles. The Balaban J connectivity index is 1.79. The third kappa shape index (κ3) is 2.21. The number of fused-ring (bicyclic) bond motifs is 1. The molecule has 2 heterocycles. The van der Waals surface area contributed by atoms with Gasteiger partial charge in [-0.05, 0) is 25.7 Å². The highest BCUT2D eigenvalue weighted by Gasteiger charge is 2.36. The van der Waals surface area contributed by atoms with Gasteiger partial charge in [0.15, 0.2) is 4.96 Å². The molecule has 3 nitrogen and oxygen atoms in total. The van der Waals surface area contributed by atoms with Crippen molar-refractivity contribution in [3.63, 3.8) is 0 Å². The van der Waals surface area contributed by atoms with E-state index < -0.39 is 5.67 Å². The van der Waals surface area contributed by atoms with E-state index in [-0.39, 0.29) is 6.04 Å². The number of nitrogens with two attached hydrogens (primary N) is 1. The Morgan fingerprint density at radius 1 is 1.65 bits per heavy atom. The maximum Gasteiger partial charge on any atom is 0.193 e. The summed E-state index contributed by atoms with van der Waals surface area (Å²) in [6, 6.07) is 0.0116. The number of halogens is 1. The Morgan fingerprint density at radius 2 is 2.53 bits per heavy atom. The molecule has 2 unspecified atom stereocenters. The summed E-state index contributed by atoms with van der Waals surface area (Å²) in [4.78, 5) is 5.37. The lowest BCUT2D eigenvalue weighted by Crippen LogP contribution is -2.39. The molecule has 0 aliphatic heterocycles. The standard InChI is InChI=1S/C12H16FN3S/c13-12(3-1-2-9(14)6-12)7-10-8-16-4-5-17-11(16)15-10/h4-5,8-9H,1-3,6-7,14H2. The van der Waals surface area contributed by atoms with Crippen molar-refractivity contribution in [2.24, 2.45) is 5.73 Å². The minimum absolute atomic E-state index is 0.0116. The molecule has 5 heteroatoms. The molecule has 17 heavy (non-hydrogen) atoms. The normalized spacial score (nSPS) is 29.9. The second-order valence-corrected chi connectivity index (χ2v) is 5.88. The minimum Gasteiger partial charge on any atom is -0.328 e. The van der Waals surface area contributed by atoms with Crippen LogP contribution in [0.3, 0.4) is 0 Å². The molecule has 92 valence electrons. The fourth-order valence-electron chi connectivity index (χ4n) is 2.70. The van der Waals surface area contributed by atoms with Crippen LogP contribution in [0.25, 0.3) is 4.96 Å². The van der Waals surface area contributed by atoms with Crippen LogP contribution in [0.1, 0.15) is 31.4 Å². The highest BCUT2D eigenvalue weighted by molar-refractivity contribution is 7.15. The summed E-state index contributed by atoms with van der Waals surface area (Å²) >= 11 is 1.57. The van der Waals surface area contributed by atoms with Crippen LogP contribution in [0.4, 0.5) is 4.39 Å². The molecule has 0 spiro atoms. The van der Waals surface area contributed by atoms with Crippen molar-refractivity contribution in [3.8, 4) is 0 Å². The second-order valence-electron chi connectivity index (χ2n) is 5.01. The average molecular weight is 253 g/mol. The predicted molar refractivity (Wildman–Crippen MR) is 67.1 cm³/mol. The van der Waals surface area contributed by atoms with Gasteiger partial charge in [-0.3, -0.25) is 4.40 Å². The van der Waals surface area contributed by atoms with Crippen molar-refractivity contribution in [1.29, 1.82) is 0 Å². The smallest absolute Gasteiger partial charge is 0.193 e. The predicted octanol–water partition coefficient (Wildman–Crippen LogP) is 2.55. The molecule has 0 bridgehead atoms. The van der Waals surface area contributed by atoms with Crippen LogP contribution in [0.5, 0.6) is 0 Å². The minimum atomic E-state index is -1.15. The van der Waals surface area contributed by atoms with E-state index in [1.807, 2.05) is 22.2 Å². The zero-order valence-corrected chi connectivity index (χ0v) is 10.4. The van der Waals surface area contributed by atoms with Crippen LogP contribution in [0.2, 0.25) is 0 Å². The zero-order valence-electron chi connectivity index (χ0n) is 9.60. The Hall–Kier alpha value is -0.940. The molecule has 0 radical (unpaired) electrons. The monoisotopic (exact) mass is 253 g/mol. The molecule has 0 aromatic carbocycles. The van der Waals surface area contributed by atoms with E-state index in [2.05, 4.69) is 4.98 Å². The molecular weight excluding hydrogens is 237 g/mol. The second kappa shape index (κ2) is 4.07.